The van der Waals surface area contributed by atoms with E-state index in [1.165, 1.54) is 30.6 Å². The Morgan fingerprint density at radius 3 is 2.67 bits per heavy atom. The number of hydrogen-bond acceptors (Lipinski definition) is 2. The number of hydrogen-bond donors (Lipinski definition) is 1. The van der Waals surface area contributed by atoms with E-state index in [1.807, 2.05) is 11.3 Å². The molecule has 0 aromatic carbocycles. The lowest BCUT2D eigenvalue weighted by Crippen LogP contribution is -2.31. The van der Waals surface area contributed by atoms with Crippen LogP contribution >= 0.6 is 11.3 Å². The molecule has 0 bridgehead atoms. The molecule has 0 radical (unpaired) electrons. The lowest BCUT2D eigenvalue weighted by atomic mass is 10.1. The summed E-state index contributed by atoms with van der Waals surface area (Å²) in [4.78, 5) is 1.53. The molecule has 15 heavy (non-hydrogen) atoms. The van der Waals surface area contributed by atoms with Gasteiger partial charge in [0.25, 0.3) is 0 Å². The lowest BCUT2D eigenvalue weighted by molar-refractivity contribution is 0.418. The van der Waals surface area contributed by atoms with Crippen LogP contribution < -0.4 is 5.32 Å². The highest BCUT2D eigenvalue weighted by molar-refractivity contribution is 7.10. The molecular formula is C13H17NS. The summed E-state index contributed by atoms with van der Waals surface area (Å²) >= 11 is 1.90. The van der Waals surface area contributed by atoms with Gasteiger partial charge in [-0.3, -0.25) is 0 Å². The Kier molecular flexibility index (Phi) is 2.63. The first-order chi connectivity index (χ1) is 7.43. The van der Waals surface area contributed by atoms with E-state index in [2.05, 4.69) is 35.0 Å². The SMILES string of the molecule is C1=CCC(NC(c2cccs2)C2CC2)C1. The van der Waals surface area contributed by atoms with Crippen LogP contribution in [0, 0.1) is 5.92 Å². The highest BCUT2D eigenvalue weighted by atomic mass is 32.1. The van der Waals surface area contributed by atoms with Crippen molar-refractivity contribution in [2.45, 2.75) is 37.8 Å². The predicted molar refractivity (Wildman–Crippen MR) is 65.1 cm³/mol. The first-order valence-corrected chi connectivity index (χ1v) is 6.76. The Morgan fingerprint density at radius 1 is 1.27 bits per heavy atom. The molecule has 0 saturated heterocycles. The summed E-state index contributed by atoms with van der Waals surface area (Å²) in [7, 11) is 0. The monoisotopic (exact) mass is 219 g/mol. The van der Waals surface area contributed by atoms with Gasteiger partial charge in [-0.1, -0.05) is 18.2 Å². The van der Waals surface area contributed by atoms with Crippen molar-refractivity contribution in [3.05, 3.63) is 34.5 Å². The smallest absolute Gasteiger partial charge is 0.0445 e. The summed E-state index contributed by atoms with van der Waals surface area (Å²) in [5, 5.41) is 6.02. The van der Waals surface area contributed by atoms with Crippen LogP contribution in [0.3, 0.4) is 0 Å². The van der Waals surface area contributed by atoms with Crippen molar-refractivity contribution in [1.29, 1.82) is 0 Å². The van der Waals surface area contributed by atoms with E-state index in [0.29, 0.717) is 12.1 Å². The molecular weight excluding hydrogens is 202 g/mol. The zero-order valence-corrected chi connectivity index (χ0v) is 9.67. The van der Waals surface area contributed by atoms with Crippen LogP contribution in [0.4, 0.5) is 0 Å². The quantitative estimate of drug-likeness (QED) is 0.764. The third kappa shape index (κ3) is 2.16. The normalized spacial score (nSPS) is 23.5. The van der Waals surface area contributed by atoms with Gasteiger partial charge in [0, 0.05) is 17.0 Å². The summed E-state index contributed by atoms with van der Waals surface area (Å²) in [6, 6.07) is 5.78. The average molecular weight is 219 g/mol. The molecule has 1 atom stereocenters. The van der Waals surface area contributed by atoms with E-state index in [9.17, 15) is 0 Å². The van der Waals surface area contributed by atoms with E-state index >= 15 is 0 Å². The van der Waals surface area contributed by atoms with Crippen LogP contribution in [0.25, 0.3) is 0 Å². The molecule has 1 aromatic rings. The Labute approximate surface area is 95.2 Å². The van der Waals surface area contributed by atoms with Crippen LogP contribution in [-0.4, -0.2) is 6.04 Å². The molecule has 0 amide bonds. The van der Waals surface area contributed by atoms with Gasteiger partial charge in [0.15, 0.2) is 0 Å². The highest BCUT2D eigenvalue weighted by Gasteiger charge is 2.34. The minimum atomic E-state index is 0.634. The molecule has 3 rings (SSSR count). The Morgan fingerprint density at radius 2 is 2.07 bits per heavy atom. The van der Waals surface area contributed by atoms with Gasteiger partial charge in [-0.05, 0) is 43.0 Å². The van der Waals surface area contributed by atoms with Gasteiger partial charge >= 0.3 is 0 Å². The maximum absolute atomic E-state index is 3.83. The van der Waals surface area contributed by atoms with Gasteiger partial charge in [-0.25, -0.2) is 0 Å². The van der Waals surface area contributed by atoms with Gasteiger partial charge in [-0.2, -0.15) is 0 Å². The van der Waals surface area contributed by atoms with Crippen molar-refractivity contribution >= 4 is 11.3 Å². The third-order valence-electron chi connectivity index (χ3n) is 3.37. The molecule has 1 nitrogen and oxygen atoms in total. The van der Waals surface area contributed by atoms with E-state index in [0.717, 1.165) is 5.92 Å². The Hall–Kier alpha value is -0.600. The molecule has 0 aliphatic heterocycles. The maximum Gasteiger partial charge on any atom is 0.0445 e. The fraction of sp³-hybridized carbons (Fsp3) is 0.538. The maximum atomic E-state index is 3.83. The van der Waals surface area contributed by atoms with Crippen molar-refractivity contribution in [1.82, 2.24) is 5.32 Å². The Bertz CT molecular complexity index is 329. The van der Waals surface area contributed by atoms with E-state index in [1.54, 1.807) is 0 Å². The molecule has 2 aliphatic carbocycles. The van der Waals surface area contributed by atoms with Gasteiger partial charge < -0.3 is 5.32 Å². The average Bonchev–Trinajstić information content (AvgIpc) is 2.78. The summed E-state index contributed by atoms with van der Waals surface area (Å²) in [6.07, 6.45) is 9.86. The standard InChI is InChI=1S/C13H17NS/c1-2-5-11(4-1)14-13(10-7-8-10)12-6-3-9-15-12/h1-3,6,9-11,13-14H,4-5,7-8H2. The zero-order valence-electron chi connectivity index (χ0n) is 8.86. The summed E-state index contributed by atoms with van der Waals surface area (Å²) in [5.74, 6) is 0.907. The van der Waals surface area contributed by atoms with E-state index in [4.69, 9.17) is 0 Å². The van der Waals surface area contributed by atoms with Crippen molar-refractivity contribution < 1.29 is 0 Å². The largest absolute Gasteiger partial charge is 0.306 e. The molecule has 1 aromatic heterocycles. The zero-order chi connectivity index (χ0) is 10.1. The molecule has 1 N–H and O–H groups in total. The minimum absolute atomic E-state index is 0.634. The van der Waals surface area contributed by atoms with E-state index in [-0.39, 0.29) is 0 Å². The first kappa shape index (κ1) is 9.61. The van der Waals surface area contributed by atoms with E-state index < -0.39 is 0 Å². The molecule has 1 saturated carbocycles. The van der Waals surface area contributed by atoms with Crippen LogP contribution in [0.15, 0.2) is 29.7 Å². The number of nitrogens with one attached hydrogen (secondary N) is 1. The molecule has 1 unspecified atom stereocenters. The predicted octanol–water partition coefficient (Wildman–Crippen LogP) is 3.51. The van der Waals surface area contributed by atoms with Crippen molar-refractivity contribution in [3.63, 3.8) is 0 Å². The van der Waals surface area contributed by atoms with Crippen LogP contribution in [-0.2, 0) is 0 Å². The fourth-order valence-electron chi connectivity index (χ4n) is 2.36. The second-order valence-electron chi connectivity index (χ2n) is 4.64. The fourth-order valence-corrected chi connectivity index (χ4v) is 3.23. The lowest BCUT2D eigenvalue weighted by Gasteiger charge is -2.21. The van der Waals surface area contributed by atoms with Crippen LogP contribution in [0.2, 0.25) is 0 Å². The van der Waals surface area contributed by atoms with Crippen molar-refractivity contribution in [3.8, 4) is 0 Å². The molecule has 2 heteroatoms. The second kappa shape index (κ2) is 4.11. The molecule has 80 valence electrons. The van der Waals surface area contributed by atoms with Gasteiger partial charge in [0.1, 0.15) is 0 Å². The molecule has 1 heterocycles. The number of thiophene rings is 1. The topological polar surface area (TPSA) is 12.0 Å². The van der Waals surface area contributed by atoms with Gasteiger partial charge in [0.05, 0.1) is 0 Å². The molecule has 1 fully saturated rings. The van der Waals surface area contributed by atoms with Crippen molar-refractivity contribution in [2.75, 3.05) is 0 Å². The third-order valence-corrected chi connectivity index (χ3v) is 4.32. The molecule has 2 aliphatic rings. The highest BCUT2D eigenvalue weighted by Crippen LogP contribution is 2.42. The van der Waals surface area contributed by atoms with Crippen LogP contribution in [0.1, 0.15) is 36.6 Å². The minimum Gasteiger partial charge on any atom is -0.306 e. The summed E-state index contributed by atoms with van der Waals surface area (Å²) in [5.41, 5.74) is 0. The molecule has 0 spiro atoms. The summed E-state index contributed by atoms with van der Waals surface area (Å²) < 4.78 is 0. The van der Waals surface area contributed by atoms with Crippen LogP contribution in [0.5, 0.6) is 0 Å². The first-order valence-electron chi connectivity index (χ1n) is 5.88. The Balaban J connectivity index is 1.68. The summed E-state index contributed by atoms with van der Waals surface area (Å²) in [6.45, 7) is 0. The van der Waals surface area contributed by atoms with Gasteiger partial charge in [-0.15, -0.1) is 11.3 Å². The second-order valence-corrected chi connectivity index (χ2v) is 5.62. The van der Waals surface area contributed by atoms with Gasteiger partial charge in [0.2, 0.25) is 0 Å². The van der Waals surface area contributed by atoms with Crippen molar-refractivity contribution in [2.24, 2.45) is 5.92 Å². The number of rotatable bonds is 4.